The first-order valence-electron chi connectivity index (χ1n) is 16.0. The number of carbonyl (C=O) groups is 1. The van der Waals surface area contributed by atoms with Gasteiger partial charge in [0.25, 0.3) is 0 Å². The fourth-order valence-electron chi connectivity index (χ4n) is 4.18. The molecule has 0 unspecified atom stereocenters. The topological polar surface area (TPSA) is 26.3 Å². The second-order valence-corrected chi connectivity index (χ2v) is 14.6. The first-order chi connectivity index (χ1) is 30.2. The van der Waals surface area contributed by atoms with Gasteiger partial charge in [0, 0.05) is 0 Å². The molecule has 0 amide bonds. The number of hydrogen-bond donors (Lipinski definition) is 0. The van der Waals surface area contributed by atoms with Gasteiger partial charge < -0.3 is 4.74 Å². The van der Waals surface area contributed by atoms with E-state index < -0.39 is 143 Å². The second-order valence-electron chi connectivity index (χ2n) is 14.6. The van der Waals surface area contributed by atoms with E-state index in [2.05, 4.69) is 4.74 Å². The maximum atomic E-state index is 14.2. The predicted octanol–water partition coefficient (Wildman–Crippen LogP) is 15.2. The summed E-state index contributed by atoms with van der Waals surface area (Å²) in [6.07, 6.45) is -17.5. The summed E-state index contributed by atoms with van der Waals surface area (Å²) in [4.78, 5) is 11.6. The van der Waals surface area contributed by atoms with Crippen LogP contribution >= 0.6 is 0 Å². The smallest absolute Gasteiger partial charge is 0.396 e. The maximum Gasteiger partial charge on any atom is 0.473 e. The lowest BCUT2D eigenvalue weighted by molar-refractivity contribution is -0.498. The Labute approximate surface area is 363 Å². The third-order valence-corrected chi connectivity index (χ3v) is 9.48. The van der Waals surface area contributed by atoms with Crippen molar-refractivity contribution in [2.45, 2.75) is 152 Å². The first kappa shape index (κ1) is 68.5. The van der Waals surface area contributed by atoms with Crippen LogP contribution in [0.1, 0.15) is 27.2 Å². The van der Waals surface area contributed by atoms with E-state index in [1.54, 1.807) is 0 Å². The van der Waals surface area contributed by atoms with Gasteiger partial charge in [-0.3, -0.25) is 4.79 Å². The molecule has 0 N–H and O–H groups in total. The summed E-state index contributed by atoms with van der Waals surface area (Å²) < 4.78 is 596. The monoisotopic (exact) mass is 1180 g/mol. The Kier molecular flexibility index (Phi) is 15.9. The quantitative estimate of drug-likeness (QED) is 0.0798. The highest BCUT2D eigenvalue weighted by Crippen LogP contribution is 2.72. The Morgan fingerprint density at radius 3 is 0.500 bits per heavy atom. The van der Waals surface area contributed by atoms with Crippen molar-refractivity contribution in [2.24, 2.45) is 5.41 Å². The highest BCUT2D eigenvalue weighted by atomic mass is 19.4. The average molecular weight is 1180 g/mol. The van der Waals surface area contributed by atoms with Gasteiger partial charge in [-0.25, -0.2) is 0 Å². The number of hydrogen-bond acceptors (Lipinski definition) is 2. The molecule has 0 atom stereocenters. The molecular formula is C27H11F43O2. The molecular weight excluding hydrogens is 1170 g/mol. The van der Waals surface area contributed by atoms with Crippen molar-refractivity contribution in [3.05, 3.63) is 0 Å². The van der Waals surface area contributed by atoms with E-state index in [0.29, 0.717) is 6.92 Å². The molecule has 0 aromatic rings. The molecule has 0 fully saturated rings. The van der Waals surface area contributed by atoms with Crippen molar-refractivity contribution in [2.75, 3.05) is 0 Å². The first-order valence-corrected chi connectivity index (χ1v) is 16.0. The summed E-state index contributed by atoms with van der Waals surface area (Å²) in [5.41, 5.74) is -2.73. The van der Waals surface area contributed by atoms with E-state index in [1.807, 2.05) is 0 Å². The van der Waals surface area contributed by atoms with Gasteiger partial charge in [-0.2, -0.15) is 189 Å². The minimum Gasteiger partial charge on any atom is -0.396 e. The minimum atomic E-state index is -10.7. The minimum absolute atomic E-state index is 0.278. The summed E-state index contributed by atoms with van der Waals surface area (Å²) in [5, 5.41) is 0. The number of esters is 1. The molecule has 72 heavy (non-hydrogen) atoms. The van der Waals surface area contributed by atoms with Crippen LogP contribution in [0.15, 0.2) is 0 Å². The lowest BCUT2D eigenvalue weighted by Gasteiger charge is -2.47. The van der Waals surface area contributed by atoms with Crippen LogP contribution in [0, 0.1) is 5.41 Å². The summed E-state index contributed by atoms with van der Waals surface area (Å²) in [7, 11) is 0. The standard InChI is InChI=1S/C27H11F43O2/c1-4-6(2,3)5(71)72-27(69,70)25(64,65)23(60,61)21(56,57)19(52,53)17(48,49)15(44,45)13(40,41)11(36,37)9(32,33)7(28,29)8(30,31)10(34,35)12(38,39)14(42,43)16(46,47)18(50,51)20(54,55)22(58,59)24(62,63)26(66,67)68/h4H2,1-3H3. The SMILES string of the molecule is CCC(C)(C)C(=O)OC(F)(F)C(F)(F)C(F)(F)C(F)(F)C(F)(F)C(F)(F)C(F)(F)C(F)(F)C(F)(F)C(F)(F)C(F)(F)C(F)(F)C(F)(F)C(F)(F)C(F)(F)C(F)(F)C(F)(F)C(F)(F)C(F)(F)C(F)(F)C(F)(F)F. The van der Waals surface area contributed by atoms with Gasteiger partial charge in [0.15, 0.2) is 0 Å². The van der Waals surface area contributed by atoms with Crippen molar-refractivity contribution >= 4 is 5.97 Å². The summed E-state index contributed by atoms with van der Waals surface area (Å²) >= 11 is 0. The van der Waals surface area contributed by atoms with Gasteiger partial charge in [-0.1, -0.05) is 6.92 Å². The normalized spacial score (nSPS) is 17.1. The molecule has 0 saturated heterocycles. The maximum absolute atomic E-state index is 14.2. The predicted molar refractivity (Wildman–Crippen MR) is 135 cm³/mol. The van der Waals surface area contributed by atoms with E-state index in [0.717, 1.165) is 0 Å². The highest BCUT2D eigenvalue weighted by molar-refractivity contribution is 5.76. The van der Waals surface area contributed by atoms with Crippen LogP contribution in [0.2, 0.25) is 0 Å². The van der Waals surface area contributed by atoms with Crippen molar-refractivity contribution in [3.63, 3.8) is 0 Å². The Hall–Kier alpha value is -3.54. The van der Waals surface area contributed by atoms with E-state index in [-0.39, 0.29) is 13.8 Å². The molecule has 2 nitrogen and oxygen atoms in total. The van der Waals surface area contributed by atoms with Crippen molar-refractivity contribution < 1.29 is 198 Å². The van der Waals surface area contributed by atoms with Gasteiger partial charge in [-0.05, 0) is 20.3 Å². The molecule has 0 aliphatic rings. The second kappa shape index (κ2) is 16.7. The van der Waals surface area contributed by atoms with E-state index >= 15 is 0 Å². The largest absolute Gasteiger partial charge is 0.473 e. The molecule has 0 rings (SSSR count). The van der Waals surface area contributed by atoms with Crippen molar-refractivity contribution in [1.82, 2.24) is 0 Å². The lowest BCUT2D eigenvalue weighted by atomic mass is 9.81. The van der Waals surface area contributed by atoms with Crippen LogP contribution in [0.25, 0.3) is 0 Å². The summed E-state index contributed by atoms with van der Waals surface area (Å²) in [6, 6.07) is 0. The van der Waals surface area contributed by atoms with Crippen LogP contribution in [0.3, 0.4) is 0 Å². The zero-order valence-electron chi connectivity index (χ0n) is 32.3. The van der Waals surface area contributed by atoms with Gasteiger partial charge in [0.1, 0.15) is 0 Å². The zero-order valence-corrected chi connectivity index (χ0v) is 32.3. The van der Waals surface area contributed by atoms with Crippen LogP contribution in [-0.4, -0.2) is 131 Å². The van der Waals surface area contributed by atoms with Crippen LogP contribution in [-0.2, 0) is 9.53 Å². The summed E-state index contributed by atoms with van der Waals surface area (Å²) in [5.74, 6) is -197. The van der Waals surface area contributed by atoms with Gasteiger partial charge >= 0.3 is 131 Å². The highest BCUT2D eigenvalue weighted by Gasteiger charge is 3.04. The molecule has 0 aromatic carbocycles. The third-order valence-electron chi connectivity index (χ3n) is 9.48. The number of ether oxygens (including phenoxy) is 1. The molecule has 0 spiro atoms. The molecule has 0 saturated carbocycles. The van der Waals surface area contributed by atoms with Gasteiger partial charge in [-0.15, -0.1) is 0 Å². The molecule has 432 valence electrons. The Morgan fingerprint density at radius 1 is 0.250 bits per heavy atom. The molecule has 0 radical (unpaired) electrons. The average Bonchev–Trinajstić information content (AvgIpc) is 3.15. The van der Waals surface area contributed by atoms with Crippen LogP contribution < -0.4 is 0 Å². The Balaban J connectivity index is 8.04. The van der Waals surface area contributed by atoms with Gasteiger partial charge in [0.05, 0.1) is 5.41 Å². The van der Waals surface area contributed by atoms with Crippen molar-refractivity contribution in [1.29, 1.82) is 0 Å². The van der Waals surface area contributed by atoms with Crippen molar-refractivity contribution in [3.8, 4) is 0 Å². The van der Waals surface area contributed by atoms with Gasteiger partial charge in [0.2, 0.25) is 0 Å². The molecule has 0 aliphatic carbocycles. The number of halogens is 43. The molecule has 45 heteroatoms. The zero-order chi connectivity index (χ0) is 60.0. The number of carbonyl (C=O) groups excluding carboxylic acids is 1. The van der Waals surface area contributed by atoms with Crippen LogP contribution in [0.4, 0.5) is 189 Å². The molecule has 0 bridgehead atoms. The Bertz CT molecular complexity index is 1980. The fourth-order valence-corrected chi connectivity index (χ4v) is 4.18. The molecule has 0 aromatic heterocycles. The Morgan fingerprint density at radius 2 is 0.375 bits per heavy atom. The molecule has 0 heterocycles. The fraction of sp³-hybridized carbons (Fsp3) is 0.963. The number of rotatable bonds is 22. The van der Waals surface area contributed by atoms with E-state index in [1.165, 1.54) is 0 Å². The summed E-state index contributed by atoms with van der Waals surface area (Å²) in [6.45, 7) is 1.22. The third kappa shape index (κ3) is 7.85. The lowest BCUT2D eigenvalue weighted by Crippen LogP contribution is -2.81. The number of alkyl halides is 43. The van der Waals surface area contributed by atoms with E-state index in [9.17, 15) is 194 Å². The van der Waals surface area contributed by atoms with E-state index in [4.69, 9.17) is 0 Å². The van der Waals surface area contributed by atoms with Crippen LogP contribution in [0.5, 0.6) is 0 Å². The molecule has 0 aliphatic heterocycles.